The van der Waals surface area contributed by atoms with E-state index in [-0.39, 0.29) is 11.8 Å². The van der Waals surface area contributed by atoms with Crippen LogP contribution >= 0.6 is 0 Å². The smallest absolute Gasteiger partial charge is 0.320 e. The maximum Gasteiger partial charge on any atom is 0.320 e. The second-order valence-corrected chi connectivity index (χ2v) is 8.81. The summed E-state index contributed by atoms with van der Waals surface area (Å²) < 4.78 is 0. The molecule has 34 heavy (non-hydrogen) atoms. The molecule has 0 heterocycles. The van der Waals surface area contributed by atoms with Crippen molar-refractivity contribution in [2.24, 2.45) is 5.92 Å². The van der Waals surface area contributed by atoms with Gasteiger partial charge in [-0.3, -0.25) is 19.7 Å². The Morgan fingerprint density at radius 3 is 2.12 bits per heavy atom. The van der Waals surface area contributed by atoms with Crippen LogP contribution in [0.15, 0.2) is 72.8 Å². The van der Waals surface area contributed by atoms with Gasteiger partial charge < -0.3 is 15.7 Å². The molecule has 3 aromatic carbocycles. The van der Waals surface area contributed by atoms with Crippen LogP contribution in [0.1, 0.15) is 38.8 Å². The maximum atomic E-state index is 13.4. The third-order valence-corrected chi connectivity index (χ3v) is 5.54. The second kappa shape index (κ2) is 11.4. The van der Waals surface area contributed by atoms with Crippen molar-refractivity contribution in [2.45, 2.75) is 45.3 Å². The quantitative estimate of drug-likeness (QED) is 0.363. The van der Waals surface area contributed by atoms with Crippen molar-refractivity contribution in [3.63, 3.8) is 0 Å². The number of carbonyl (C=O) groups excluding carboxylic acids is 2. The average molecular weight is 462 g/mol. The lowest BCUT2D eigenvalue weighted by Gasteiger charge is -2.26. The molecule has 0 aromatic heterocycles. The van der Waals surface area contributed by atoms with Gasteiger partial charge in [-0.1, -0.05) is 68.4 Å². The van der Waals surface area contributed by atoms with E-state index in [1.807, 2.05) is 68.4 Å². The number of carboxylic acid groups (broad SMARTS) is 1. The van der Waals surface area contributed by atoms with Gasteiger partial charge in [0.15, 0.2) is 0 Å². The highest BCUT2D eigenvalue weighted by Gasteiger charge is 2.29. The van der Waals surface area contributed by atoms with E-state index in [1.54, 1.807) is 18.2 Å². The molecule has 0 aliphatic carbocycles. The van der Waals surface area contributed by atoms with Crippen molar-refractivity contribution in [2.75, 3.05) is 5.32 Å². The summed E-state index contributed by atoms with van der Waals surface area (Å²) in [5.41, 5.74) is 1.26. The fourth-order valence-corrected chi connectivity index (χ4v) is 3.74. The third kappa shape index (κ3) is 6.65. The van der Waals surface area contributed by atoms with E-state index in [1.165, 1.54) is 6.92 Å². The first-order valence-electron chi connectivity index (χ1n) is 11.4. The lowest BCUT2D eigenvalue weighted by Crippen LogP contribution is -2.50. The van der Waals surface area contributed by atoms with Crippen LogP contribution in [0, 0.1) is 5.92 Å². The van der Waals surface area contributed by atoms with Gasteiger partial charge in [0.05, 0.1) is 0 Å². The summed E-state index contributed by atoms with van der Waals surface area (Å²) in [6.07, 6.45) is 0.434. The first-order chi connectivity index (χ1) is 16.2. The molecule has 3 aromatic rings. The highest BCUT2D eigenvalue weighted by molar-refractivity contribution is 5.98. The minimum Gasteiger partial charge on any atom is -0.480 e. The standard InChI is InChI=1S/C27H31N3O4/c1-17(2)15-23(25(31)29-22-11-5-4-6-12-22)30-26(32)24(28-18(3)27(33)34)21-14-13-19-9-7-8-10-20(19)16-21/h4-14,16-18,23-24,28H,15H2,1-3H3,(H,29,31)(H,30,32)(H,33,34)/t18-,23+,24?/m1/s1. The Morgan fingerprint density at radius 1 is 0.824 bits per heavy atom. The van der Waals surface area contributed by atoms with Crippen LogP contribution in [0.25, 0.3) is 10.8 Å². The number of nitrogens with one attached hydrogen (secondary N) is 3. The topological polar surface area (TPSA) is 108 Å². The van der Waals surface area contributed by atoms with Gasteiger partial charge in [0.1, 0.15) is 18.1 Å². The number of hydrogen-bond donors (Lipinski definition) is 4. The second-order valence-electron chi connectivity index (χ2n) is 8.81. The SMILES string of the molecule is CC(C)C[C@H](NC(=O)C(N[C@H](C)C(=O)O)c1ccc2ccccc2c1)C(=O)Nc1ccccc1. The highest BCUT2D eigenvalue weighted by Crippen LogP contribution is 2.22. The van der Waals surface area contributed by atoms with Crippen molar-refractivity contribution in [3.05, 3.63) is 78.4 Å². The Labute approximate surface area is 199 Å². The van der Waals surface area contributed by atoms with E-state index in [0.29, 0.717) is 17.7 Å². The average Bonchev–Trinajstić information content (AvgIpc) is 2.81. The fourth-order valence-electron chi connectivity index (χ4n) is 3.74. The van der Waals surface area contributed by atoms with Gasteiger partial charge >= 0.3 is 5.97 Å². The zero-order valence-electron chi connectivity index (χ0n) is 19.6. The Balaban J connectivity index is 1.87. The van der Waals surface area contributed by atoms with Gasteiger partial charge in [-0.15, -0.1) is 0 Å². The summed E-state index contributed by atoms with van der Waals surface area (Å²) in [6, 6.07) is 19.6. The summed E-state index contributed by atoms with van der Waals surface area (Å²) in [4.78, 5) is 38.0. The normalized spacial score (nSPS) is 13.8. The predicted molar refractivity (Wildman–Crippen MR) is 133 cm³/mol. The Hall–Kier alpha value is -3.71. The summed E-state index contributed by atoms with van der Waals surface area (Å²) >= 11 is 0. The largest absolute Gasteiger partial charge is 0.480 e. The monoisotopic (exact) mass is 461 g/mol. The predicted octanol–water partition coefficient (Wildman–Crippen LogP) is 4.11. The molecule has 4 N–H and O–H groups in total. The van der Waals surface area contributed by atoms with Gasteiger partial charge in [0, 0.05) is 5.69 Å². The summed E-state index contributed by atoms with van der Waals surface area (Å²) in [7, 11) is 0. The lowest BCUT2D eigenvalue weighted by molar-refractivity contribution is -0.139. The van der Waals surface area contributed by atoms with Gasteiger partial charge in [0.2, 0.25) is 11.8 Å². The molecule has 178 valence electrons. The first-order valence-corrected chi connectivity index (χ1v) is 11.4. The van der Waals surface area contributed by atoms with Gasteiger partial charge in [-0.25, -0.2) is 0 Å². The minimum atomic E-state index is -1.07. The third-order valence-electron chi connectivity index (χ3n) is 5.54. The molecule has 0 aliphatic heterocycles. The lowest BCUT2D eigenvalue weighted by atomic mass is 9.98. The van der Waals surface area contributed by atoms with Crippen LogP contribution in [-0.2, 0) is 14.4 Å². The summed E-state index contributed by atoms with van der Waals surface area (Å²) in [6.45, 7) is 5.43. The van der Waals surface area contributed by atoms with E-state index in [4.69, 9.17) is 0 Å². The zero-order valence-corrected chi connectivity index (χ0v) is 19.6. The zero-order chi connectivity index (χ0) is 24.7. The number of anilines is 1. The first kappa shape index (κ1) is 24.9. The van der Waals surface area contributed by atoms with Gasteiger partial charge in [-0.05, 0) is 53.8 Å². The van der Waals surface area contributed by atoms with E-state index in [0.717, 1.165) is 10.8 Å². The minimum absolute atomic E-state index is 0.150. The van der Waals surface area contributed by atoms with Crippen molar-refractivity contribution < 1.29 is 19.5 Å². The van der Waals surface area contributed by atoms with Crippen molar-refractivity contribution in [1.82, 2.24) is 10.6 Å². The Kier molecular flexibility index (Phi) is 8.38. The maximum absolute atomic E-state index is 13.4. The molecule has 2 amide bonds. The number of amides is 2. The number of benzene rings is 3. The molecule has 7 heteroatoms. The molecule has 0 saturated carbocycles. The Morgan fingerprint density at radius 2 is 1.47 bits per heavy atom. The molecule has 0 bridgehead atoms. The molecule has 1 unspecified atom stereocenters. The van der Waals surface area contributed by atoms with Crippen LogP contribution in [0.5, 0.6) is 0 Å². The van der Waals surface area contributed by atoms with Crippen LogP contribution in [-0.4, -0.2) is 35.0 Å². The molecule has 3 atom stereocenters. The van der Waals surface area contributed by atoms with E-state index in [9.17, 15) is 19.5 Å². The molecule has 0 radical (unpaired) electrons. The molecule has 3 rings (SSSR count). The van der Waals surface area contributed by atoms with Gasteiger partial charge in [-0.2, -0.15) is 0 Å². The fraction of sp³-hybridized carbons (Fsp3) is 0.296. The number of hydrogen-bond acceptors (Lipinski definition) is 4. The van der Waals surface area contributed by atoms with E-state index < -0.39 is 30.0 Å². The number of carbonyl (C=O) groups is 3. The van der Waals surface area contributed by atoms with Crippen LogP contribution in [0.4, 0.5) is 5.69 Å². The number of aliphatic carboxylic acids is 1. The molecule has 7 nitrogen and oxygen atoms in total. The van der Waals surface area contributed by atoms with Crippen molar-refractivity contribution in [3.8, 4) is 0 Å². The molecule has 0 saturated heterocycles. The number of rotatable bonds is 10. The molecule has 0 fully saturated rings. The van der Waals surface area contributed by atoms with Gasteiger partial charge in [0.25, 0.3) is 0 Å². The van der Waals surface area contributed by atoms with Crippen LogP contribution in [0.3, 0.4) is 0 Å². The van der Waals surface area contributed by atoms with E-state index in [2.05, 4.69) is 16.0 Å². The van der Waals surface area contributed by atoms with Crippen LogP contribution < -0.4 is 16.0 Å². The molecular weight excluding hydrogens is 430 g/mol. The number of para-hydroxylation sites is 1. The summed E-state index contributed by atoms with van der Waals surface area (Å²) in [5.74, 6) is -1.70. The van der Waals surface area contributed by atoms with Crippen LogP contribution in [0.2, 0.25) is 0 Å². The summed E-state index contributed by atoms with van der Waals surface area (Å²) in [5, 5.41) is 20.0. The molecule has 0 spiro atoms. The number of fused-ring (bicyclic) bond motifs is 1. The molecule has 0 aliphatic rings. The molecular formula is C27H31N3O4. The number of carboxylic acids is 1. The van der Waals surface area contributed by atoms with Crippen molar-refractivity contribution >= 4 is 34.2 Å². The Bertz CT molecular complexity index is 1150. The highest BCUT2D eigenvalue weighted by atomic mass is 16.4. The van der Waals surface area contributed by atoms with E-state index >= 15 is 0 Å². The van der Waals surface area contributed by atoms with Crippen molar-refractivity contribution in [1.29, 1.82) is 0 Å².